The van der Waals surface area contributed by atoms with E-state index in [2.05, 4.69) is 24.8 Å². The van der Waals surface area contributed by atoms with E-state index in [1.807, 2.05) is 0 Å². The number of aromatic nitrogens is 4. The van der Waals surface area contributed by atoms with Crippen LogP contribution in [0.3, 0.4) is 0 Å². The summed E-state index contributed by atoms with van der Waals surface area (Å²) in [6, 6.07) is 4.53. The number of nitrogens with zero attached hydrogens (tertiary/aromatic N) is 5. The van der Waals surface area contributed by atoms with Crippen LogP contribution in [0.5, 0.6) is 0 Å². The summed E-state index contributed by atoms with van der Waals surface area (Å²) in [5, 5.41) is 0.839. The lowest BCUT2D eigenvalue weighted by molar-refractivity contribution is 0.502. The summed E-state index contributed by atoms with van der Waals surface area (Å²) in [4.78, 5) is 19.2. The SMILES string of the molecule is Fc1ccc2cnc(N3CC(c4cnccn4)C3)nc2c1. The van der Waals surface area contributed by atoms with Crippen molar-refractivity contribution in [2.24, 2.45) is 0 Å². The lowest BCUT2D eigenvalue weighted by atomic mass is 9.97. The molecule has 6 heteroatoms. The molecule has 0 aliphatic carbocycles. The van der Waals surface area contributed by atoms with Crippen molar-refractivity contribution in [3.63, 3.8) is 0 Å². The van der Waals surface area contributed by atoms with Gasteiger partial charge in [0.2, 0.25) is 5.95 Å². The van der Waals surface area contributed by atoms with E-state index in [9.17, 15) is 4.39 Å². The second-order valence-corrected chi connectivity index (χ2v) is 5.11. The molecule has 0 saturated carbocycles. The molecule has 1 fully saturated rings. The zero-order valence-corrected chi connectivity index (χ0v) is 11.1. The summed E-state index contributed by atoms with van der Waals surface area (Å²) in [6.07, 6.45) is 6.89. The summed E-state index contributed by atoms with van der Waals surface area (Å²) in [5.74, 6) is 0.701. The van der Waals surface area contributed by atoms with E-state index in [0.29, 0.717) is 17.4 Å². The Morgan fingerprint density at radius 2 is 2.00 bits per heavy atom. The Morgan fingerprint density at radius 1 is 1.10 bits per heavy atom. The first-order valence-electron chi connectivity index (χ1n) is 6.73. The second kappa shape index (κ2) is 4.73. The number of anilines is 1. The van der Waals surface area contributed by atoms with E-state index < -0.39 is 0 Å². The van der Waals surface area contributed by atoms with Crippen molar-refractivity contribution >= 4 is 16.9 Å². The van der Waals surface area contributed by atoms with Gasteiger partial charge in [-0.15, -0.1) is 0 Å². The standard InChI is InChI=1S/C15H12FN5/c16-12-2-1-10-6-19-15(20-13(10)5-12)21-8-11(9-21)14-7-17-3-4-18-14/h1-7,11H,8-9H2. The summed E-state index contributed by atoms with van der Waals surface area (Å²) in [5.41, 5.74) is 1.61. The summed E-state index contributed by atoms with van der Waals surface area (Å²) < 4.78 is 13.3. The predicted octanol–water partition coefficient (Wildman–Crippen LogP) is 2.16. The number of hydrogen-bond acceptors (Lipinski definition) is 5. The first kappa shape index (κ1) is 12.1. The maximum atomic E-state index is 13.3. The minimum Gasteiger partial charge on any atom is -0.339 e. The molecule has 0 atom stereocenters. The van der Waals surface area contributed by atoms with E-state index in [1.165, 1.54) is 12.1 Å². The van der Waals surface area contributed by atoms with Crippen LogP contribution in [0.25, 0.3) is 10.9 Å². The van der Waals surface area contributed by atoms with Gasteiger partial charge in [0.15, 0.2) is 0 Å². The number of fused-ring (bicyclic) bond motifs is 1. The molecule has 1 aliphatic heterocycles. The molecule has 5 nitrogen and oxygen atoms in total. The molecule has 1 aliphatic rings. The van der Waals surface area contributed by atoms with E-state index in [4.69, 9.17) is 0 Å². The first-order valence-corrected chi connectivity index (χ1v) is 6.73. The zero-order valence-electron chi connectivity index (χ0n) is 11.1. The molecule has 0 bridgehead atoms. The Hall–Kier alpha value is -2.63. The molecule has 0 amide bonds. The van der Waals surface area contributed by atoms with Crippen LogP contribution in [-0.2, 0) is 0 Å². The predicted molar refractivity (Wildman–Crippen MR) is 76.5 cm³/mol. The van der Waals surface area contributed by atoms with Gasteiger partial charge in [-0.2, -0.15) is 0 Å². The van der Waals surface area contributed by atoms with Crippen LogP contribution in [-0.4, -0.2) is 33.0 Å². The fraction of sp³-hybridized carbons (Fsp3) is 0.200. The quantitative estimate of drug-likeness (QED) is 0.720. The third-order valence-corrected chi connectivity index (χ3v) is 3.70. The normalized spacial score (nSPS) is 15.2. The van der Waals surface area contributed by atoms with Crippen molar-refractivity contribution in [3.05, 3.63) is 54.5 Å². The Kier molecular flexibility index (Phi) is 2.73. The average Bonchev–Trinajstić information content (AvgIpc) is 2.46. The molecule has 3 aromatic rings. The Labute approximate surface area is 120 Å². The zero-order chi connectivity index (χ0) is 14.2. The number of hydrogen-bond donors (Lipinski definition) is 0. The topological polar surface area (TPSA) is 54.8 Å². The maximum Gasteiger partial charge on any atom is 0.225 e. The van der Waals surface area contributed by atoms with Gasteiger partial charge in [-0.3, -0.25) is 9.97 Å². The number of benzene rings is 1. The molecule has 104 valence electrons. The van der Waals surface area contributed by atoms with Crippen LogP contribution in [0.15, 0.2) is 43.0 Å². The van der Waals surface area contributed by atoms with Crippen molar-refractivity contribution in [1.29, 1.82) is 0 Å². The number of rotatable bonds is 2. The van der Waals surface area contributed by atoms with Gasteiger partial charge in [-0.05, 0) is 12.1 Å². The van der Waals surface area contributed by atoms with E-state index >= 15 is 0 Å². The van der Waals surface area contributed by atoms with Gasteiger partial charge in [-0.1, -0.05) is 0 Å². The summed E-state index contributed by atoms with van der Waals surface area (Å²) in [7, 11) is 0. The second-order valence-electron chi connectivity index (χ2n) is 5.11. The molecule has 3 heterocycles. The van der Waals surface area contributed by atoms with Crippen LogP contribution in [0.2, 0.25) is 0 Å². The fourth-order valence-corrected chi connectivity index (χ4v) is 2.49. The lowest BCUT2D eigenvalue weighted by Crippen LogP contribution is -2.46. The molecule has 0 spiro atoms. The highest BCUT2D eigenvalue weighted by atomic mass is 19.1. The van der Waals surface area contributed by atoms with Crippen molar-refractivity contribution in [2.45, 2.75) is 5.92 Å². The fourth-order valence-electron chi connectivity index (χ4n) is 2.49. The van der Waals surface area contributed by atoms with Gasteiger partial charge in [0, 0.05) is 55.2 Å². The monoisotopic (exact) mass is 281 g/mol. The average molecular weight is 281 g/mol. The van der Waals surface area contributed by atoms with Gasteiger partial charge < -0.3 is 4.90 Å². The van der Waals surface area contributed by atoms with Gasteiger partial charge in [0.1, 0.15) is 5.82 Å². The molecule has 1 saturated heterocycles. The van der Waals surface area contributed by atoms with Crippen LogP contribution in [0.1, 0.15) is 11.6 Å². The minimum atomic E-state index is -0.284. The Bertz CT molecular complexity index is 786. The van der Waals surface area contributed by atoms with Gasteiger partial charge in [0.25, 0.3) is 0 Å². The molecule has 0 radical (unpaired) electrons. The Morgan fingerprint density at radius 3 is 2.81 bits per heavy atom. The minimum absolute atomic E-state index is 0.284. The van der Waals surface area contributed by atoms with Crippen molar-refractivity contribution in [3.8, 4) is 0 Å². The van der Waals surface area contributed by atoms with Gasteiger partial charge in [-0.25, -0.2) is 14.4 Å². The molecule has 2 aromatic heterocycles. The molecule has 21 heavy (non-hydrogen) atoms. The molecule has 0 unspecified atom stereocenters. The van der Waals surface area contributed by atoms with Gasteiger partial charge >= 0.3 is 0 Å². The largest absolute Gasteiger partial charge is 0.339 e. The highest BCUT2D eigenvalue weighted by molar-refractivity contribution is 5.78. The molecule has 4 rings (SSSR count). The van der Waals surface area contributed by atoms with Crippen molar-refractivity contribution in [2.75, 3.05) is 18.0 Å². The van der Waals surface area contributed by atoms with Crippen LogP contribution in [0.4, 0.5) is 10.3 Å². The smallest absolute Gasteiger partial charge is 0.225 e. The van der Waals surface area contributed by atoms with Crippen molar-refractivity contribution in [1.82, 2.24) is 19.9 Å². The third-order valence-electron chi connectivity index (χ3n) is 3.70. The molecular formula is C15H12FN5. The summed E-state index contributed by atoms with van der Waals surface area (Å²) in [6.45, 7) is 1.61. The van der Waals surface area contributed by atoms with Gasteiger partial charge in [0.05, 0.1) is 11.2 Å². The molecule has 0 N–H and O–H groups in total. The highest BCUT2D eigenvalue weighted by Gasteiger charge is 2.31. The summed E-state index contributed by atoms with van der Waals surface area (Å²) >= 11 is 0. The number of halogens is 1. The van der Waals surface area contributed by atoms with Crippen LogP contribution < -0.4 is 4.90 Å². The lowest BCUT2D eigenvalue weighted by Gasteiger charge is -2.38. The van der Waals surface area contributed by atoms with Crippen molar-refractivity contribution < 1.29 is 4.39 Å². The highest BCUT2D eigenvalue weighted by Crippen LogP contribution is 2.28. The van der Waals surface area contributed by atoms with E-state index in [-0.39, 0.29) is 5.82 Å². The van der Waals surface area contributed by atoms with Crippen LogP contribution in [0, 0.1) is 5.82 Å². The molecular weight excluding hydrogens is 269 g/mol. The van der Waals surface area contributed by atoms with Crippen LogP contribution >= 0.6 is 0 Å². The molecule has 1 aromatic carbocycles. The first-order chi connectivity index (χ1) is 10.3. The van der Waals surface area contributed by atoms with E-state index in [1.54, 1.807) is 30.9 Å². The third kappa shape index (κ3) is 2.18. The maximum absolute atomic E-state index is 13.3. The van der Waals surface area contributed by atoms with E-state index in [0.717, 1.165) is 24.2 Å². The Balaban J connectivity index is 1.56.